The van der Waals surface area contributed by atoms with E-state index in [1.54, 1.807) is 43.8 Å². The summed E-state index contributed by atoms with van der Waals surface area (Å²) in [4.78, 5) is 36.5. The van der Waals surface area contributed by atoms with Crippen molar-refractivity contribution >= 4 is 22.9 Å². The lowest BCUT2D eigenvalue weighted by atomic mass is 9.84. The topological polar surface area (TPSA) is 90.0 Å². The molecule has 0 saturated heterocycles. The van der Waals surface area contributed by atoms with E-state index in [2.05, 4.69) is 15.3 Å². The molecular formula is C24H17N5O3. The van der Waals surface area contributed by atoms with Gasteiger partial charge >= 0.3 is 0 Å². The normalized spacial score (nSPS) is 12.9. The number of rotatable bonds is 2. The van der Waals surface area contributed by atoms with Gasteiger partial charge in [0.2, 0.25) is 0 Å². The minimum absolute atomic E-state index is 0.234. The molecule has 8 heteroatoms. The van der Waals surface area contributed by atoms with Gasteiger partial charge in [0.05, 0.1) is 24.2 Å². The molecule has 0 atom stereocenters. The summed E-state index contributed by atoms with van der Waals surface area (Å²) < 4.78 is 8.28. The van der Waals surface area contributed by atoms with Gasteiger partial charge in [-0.1, -0.05) is 24.3 Å². The fraction of sp³-hybridized carbons (Fsp3) is 0.0833. The molecule has 5 heterocycles. The highest BCUT2D eigenvalue weighted by molar-refractivity contribution is 5.73. The molecule has 0 aliphatic carbocycles. The van der Waals surface area contributed by atoms with Crippen LogP contribution in [0.4, 0.5) is 11.6 Å². The van der Waals surface area contributed by atoms with Crippen LogP contribution in [0.2, 0.25) is 0 Å². The molecule has 4 aromatic heterocycles. The Kier molecular flexibility index (Phi) is 3.88. The van der Waals surface area contributed by atoms with Crippen LogP contribution in [0.1, 0.15) is 22.6 Å². The van der Waals surface area contributed by atoms with E-state index in [9.17, 15) is 9.59 Å². The summed E-state index contributed by atoms with van der Waals surface area (Å²) in [5, 5.41) is 3.16. The molecule has 1 aromatic carbocycles. The molecule has 8 nitrogen and oxygen atoms in total. The van der Waals surface area contributed by atoms with Crippen LogP contribution in [-0.2, 0) is 0 Å². The van der Waals surface area contributed by atoms with Gasteiger partial charge in [0.15, 0.2) is 0 Å². The molecule has 1 aliphatic heterocycles. The van der Waals surface area contributed by atoms with Gasteiger partial charge in [0.25, 0.3) is 11.1 Å². The van der Waals surface area contributed by atoms with Gasteiger partial charge < -0.3 is 10.1 Å². The Bertz CT molecular complexity index is 1540. The number of fused-ring (bicyclic) bond motifs is 4. The molecular weight excluding hydrogens is 406 g/mol. The molecule has 32 heavy (non-hydrogen) atoms. The van der Waals surface area contributed by atoms with Crippen molar-refractivity contribution in [1.29, 1.82) is 0 Å². The van der Waals surface area contributed by atoms with E-state index in [1.165, 1.54) is 8.80 Å². The highest BCUT2D eigenvalue weighted by Gasteiger charge is 2.35. The fourth-order valence-corrected chi connectivity index (χ4v) is 4.30. The van der Waals surface area contributed by atoms with Crippen LogP contribution in [-0.4, -0.2) is 25.9 Å². The van der Waals surface area contributed by atoms with Gasteiger partial charge in [-0.15, -0.1) is 0 Å². The summed E-state index contributed by atoms with van der Waals surface area (Å²) in [5.41, 5.74) is 2.14. The van der Waals surface area contributed by atoms with Gasteiger partial charge in [0.1, 0.15) is 28.7 Å². The van der Waals surface area contributed by atoms with Crippen molar-refractivity contribution in [3.8, 4) is 5.75 Å². The minimum atomic E-state index is -0.638. The first-order valence-electron chi connectivity index (χ1n) is 10.1. The van der Waals surface area contributed by atoms with Crippen molar-refractivity contribution in [3.05, 3.63) is 110 Å². The van der Waals surface area contributed by atoms with E-state index in [0.717, 1.165) is 5.56 Å². The summed E-state index contributed by atoms with van der Waals surface area (Å²) in [7, 11) is 1.59. The zero-order valence-electron chi connectivity index (χ0n) is 17.0. The zero-order valence-corrected chi connectivity index (χ0v) is 17.0. The van der Waals surface area contributed by atoms with E-state index < -0.39 is 5.92 Å². The molecule has 0 fully saturated rings. The summed E-state index contributed by atoms with van der Waals surface area (Å²) in [6.45, 7) is 0. The molecule has 0 amide bonds. The first-order chi connectivity index (χ1) is 15.7. The third kappa shape index (κ3) is 2.56. The molecule has 6 rings (SSSR count). The second kappa shape index (κ2) is 6.78. The Hall–Kier alpha value is -4.46. The monoisotopic (exact) mass is 423 g/mol. The van der Waals surface area contributed by atoms with E-state index in [0.29, 0.717) is 39.8 Å². The third-order valence-electron chi connectivity index (χ3n) is 5.80. The number of hydrogen-bond acceptors (Lipinski definition) is 6. The maximum Gasteiger partial charge on any atom is 0.264 e. The van der Waals surface area contributed by atoms with Crippen LogP contribution in [0, 0.1) is 0 Å². The largest absolute Gasteiger partial charge is 0.497 e. The number of ether oxygens (including phenoxy) is 1. The SMILES string of the molecule is COc1ccc(C2c3c(nc4ccccn4c3=O)Nc3nc4ccccn4c(=O)c32)cc1. The van der Waals surface area contributed by atoms with Gasteiger partial charge in [-0.3, -0.25) is 18.4 Å². The highest BCUT2D eigenvalue weighted by Crippen LogP contribution is 2.40. The molecule has 5 aromatic rings. The molecule has 1 aliphatic rings. The third-order valence-corrected chi connectivity index (χ3v) is 5.80. The lowest BCUT2D eigenvalue weighted by Gasteiger charge is -2.27. The van der Waals surface area contributed by atoms with E-state index in [-0.39, 0.29) is 11.1 Å². The number of nitrogens with zero attached hydrogens (tertiary/aromatic N) is 4. The molecule has 0 bridgehead atoms. The zero-order chi connectivity index (χ0) is 21.8. The Labute approximate surface area is 181 Å². The van der Waals surface area contributed by atoms with E-state index in [1.807, 2.05) is 36.4 Å². The standard InChI is InChI=1S/C24H17N5O3/c1-32-15-10-8-14(9-11-15)18-19-21(25-16-6-2-4-12-28(16)23(19)30)27-22-20(18)24(31)29-13-5-3-7-17(29)26-22/h2-13,18,27H,1H3. The van der Waals surface area contributed by atoms with Crippen molar-refractivity contribution in [2.24, 2.45) is 0 Å². The second-order valence-electron chi connectivity index (χ2n) is 7.55. The predicted octanol–water partition coefficient (Wildman–Crippen LogP) is 2.95. The molecule has 1 N–H and O–H groups in total. The lowest BCUT2D eigenvalue weighted by molar-refractivity contribution is 0.414. The van der Waals surface area contributed by atoms with E-state index in [4.69, 9.17) is 4.74 Å². The summed E-state index contributed by atoms with van der Waals surface area (Å²) in [6, 6.07) is 18.1. The van der Waals surface area contributed by atoms with Gasteiger partial charge in [-0.2, -0.15) is 0 Å². The van der Waals surface area contributed by atoms with Crippen molar-refractivity contribution in [3.63, 3.8) is 0 Å². The van der Waals surface area contributed by atoms with Crippen LogP contribution in [0.3, 0.4) is 0 Å². The number of benzene rings is 1. The summed E-state index contributed by atoms with van der Waals surface area (Å²) >= 11 is 0. The molecule has 156 valence electrons. The van der Waals surface area contributed by atoms with Gasteiger partial charge in [0, 0.05) is 12.4 Å². The van der Waals surface area contributed by atoms with Gasteiger partial charge in [-0.05, 0) is 42.0 Å². The minimum Gasteiger partial charge on any atom is -0.497 e. The maximum absolute atomic E-state index is 13.6. The number of aromatic nitrogens is 4. The highest BCUT2D eigenvalue weighted by atomic mass is 16.5. The maximum atomic E-state index is 13.6. The fourth-order valence-electron chi connectivity index (χ4n) is 4.30. The number of nitrogens with one attached hydrogen (secondary N) is 1. The smallest absolute Gasteiger partial charge is 0.264 e. The van der Waals surface area contributed by atoms with Crippen LogP contribution in [0.25, 0.3) is 11.3 Å². The first-order valence-corrected chi connectivity index (χ1v) is 10.1. The Balaban J connectivity index is 1.73. The van der Waals surface area contributed by atoms with Crippen LogP contribution in [0.5, 0.6) is 5.75 Å². The Morgan fingerprint density at radius 2 is 1.31 bits per heavy atom. The molecule has 0 saturated carbocycles. The lowest BCUT2D eigenvalue weighted by Crippen LogP contribution is -2.33. The van der Waals surface area contributed by atoms with Crippen molar-refractivity contribution < 1.29 is 4.74 Å². The molecule has 0 spiro atoms. The quantitative estimate of drug-likeness (QED) is 0.461. The number of pyridine rings is 2. The summed E-state index contributed by atoms with van der Waals surface area (Å²) in [5.74, 6) is 0.856. The average Bonchev–Trinajstić information content (AvgIpc) is 2.83. The number of hydrogen-bond donors (Lipinski definition) is 1. The average molecular weight is 423 g/mol. The second-order valence-corrected chi connectivity index (χ2v) is 7.55. The summed E-state index contributed by atoms with van der Waals surface area (Å²) in [6.07, 6.45) is 3.36. The van der Waals surface area contributed by atoms with E-state index >= 15 is 0 Å². The van der Waals surface area contributed by atoms with Crippen LogP contribution in [0.15, 0.2) is 82.6 Å². The molecule has 0 radical (unpaired) electrons. The van der Waals surface area contributed by atoms with Gasteiger partial charge in [-0.25, -0.2) is 9.97 Å². The van der Waals surface area contributed by atoms with Crippen LogP contribution < -0.4 is 21.2 Å². The number of methoxy groups -OCH3 is 1. The van der Waals surface area contributed by atoms with Crippen LogP contribution >= 0.6 is 0 Å². The Morgan fingerprint density at radius 3 is 1.81 bits per heavy atom. The predicted molar refractivity (Wildman–Crippen MR) is 120 cm³/mol. The molecule has 0 unspecified atom stereocenters. The van der Waals surface area contributed by atoms with Crippen molar-refractivity contribution in [2.45, 2.75) is 5.92 Å². The Morgan fingerprint density at radius 1 is 0.781 bits per heavy atom. The van der Waals surface area contributed by atoms with Crippen molar-refractivity contribution in [1.82, 2.24) is 18.8 Å². The first kappa shape index (κ1) is 18.3. The van der Waals surface area contributed by atoms with Crippen molar-refractivity contribution in [2.75, 3.05) is 12.4 Å². The number of anilines is 2.